The molecule has 0 saturated heterocycles. The molecule has 0 aliphatic carbocycles. The largest absolute Gasteiger partial charge is 0.271 e. The van der Waals surface area contributed by atoms with Crippen LogP contribution in [-0.4, -0.2) is 4.98 Å². The number of aromatic nitrogens is 1. The lowest BCUT2D eigenvalue weighted by Crippen LogP contribution is -2.29. The first kappa shape index (κ1) is 10.7. The SMILES string of the molecule is C#CCC(NN)c1ncccc1CC. The van der Waals surface area contributed by atoms with Crippen molar-refractivity contribution in [2.75, 3.05) is 0 Å². The Morgan fingerprint density at radius 1 is 1.71 bits per heavy atom. The third-order valence-electron chi connectivity index (χ3n) is 2.16. The van der Waals surface area contributed by atoms with Gasteiger partial charge < -0.3 is 0 Å². The molecule has 1 atom stereocenters. The van der Waals surface area contributed by atoms with Crippen molar-refractivity contribution < 1.29 is 0 Å². The molecule has 1 aromatic rings. The smallest absolute Gasteiger partial charge is 0.0743 e. The summed E-state index contributed by atoms with van der Waals surface area (Å²) < 4.78 is 0. The molecule has 0 aliphatic rings. The molecule has 14 heavy (non-hydrogen) atoms. The van der Waals surface area contributed by atoms with E-state index in [2.05, 4.69) is 23.3 Å². The summed E-state index contributed by atoms with van der Waals surface area (Å²) in [6.45, 7) is 2.09. The molecule has 3 heteroatoms. The molecule has 0 amide bonds. The molecule has 1 heterocycles. The maximum absolute atomic E-state index is 5.43. The van der Waals surface area contributed by atoms with Gasteiger partial charge in [0.1, 0.15) is 0 Å². The maximum atomic E-state index is 5.43. The minimum absolute atomic E-state index is 0.0452. The number of hydrogen-bond acceptors (Lipinski definition) is 3. The lowest BCUT2D eigenvalue weighted by Gasteiger charge is -2.15. The third kappa shape index (κ3) is 2.32. The van der Waals surface area contributed by atoms with Crippen molar-refractivity contribution in [2.45, 2.75) is 25.8 Å². The minimum atomic E-state index is -0.0452. The summed E-state index contributed by atoms with van der Waals surface area (Å²) in [5, 5.41) is 0. The lowest BCUT2D eigenvalue weighted by atomic mass is 10.0. The molecule has 1 unspecified atom stereocenters. The molecule has 74 valence electrons. The number of terminal acetylenes is 1. The van der Waals surface area contributed by atoms with E-state index in [9.17, 15) is 0 Å². The molecule has 0 fully saturated rings. The van der Waals surface area contributed by atoms with Crippen LogP contribution in [0.4, 0.5) is 0 Å². The van der Waals surface area contributed by atoms with Crippen LogP contribution in [0.2, 0.25) is 0 Å². The molecule has 3 N–H and O–H groups in total. The quantitative estimate of drug-likeness (QED) is 0.424. The highest BCUT2D eigenvalue weighted by molar-refractivity contribution is 5.23. The van der Waals surface area contributed by atoms with E-state index in [0.717, 1.165) is 12.1 Å². The number of hydrogen-bond donors (Lipinski definition) is 2. The van der Waals surface area contributed by atoms with Gasteiger partial charge in [-0.15, -0.1) is 12.3 Å². The summed E-state index contributed by atoms with van der Waals surface area (Å²) in [6.07, 6.45) is 8.51. The summed E-state index contributed by atoms with van der Waals surface area (Å²) in [5.74, 6) is 8.01. The van der Waals surface area contributed by atoms with Crippen molar-refractivity contribution in [3.05, 3.63) is 29.6 Å². The van der Waals surface area contributed by atoms with Gasteiger partial charge in [-0.1, -0.05) is 13.0 Å². The molecule has 0 radical (unpaired) electrons. The Balaban J connectivity index is 2.97. The van der Waals surface area contributed by atoms with Crippen molar-refractivity contribution in [3.63, 3.8) is 0 Å². The van der Waals surface area contributed by atoms with E-state index in [0.29, 0.717) is 6.42 Å². The highest BCUT2D eigenvalue weighted by Gasteiger charge is 2.12. The zero-order chi connectivity index (χ0) is 10.4. The fourth-order valence-electron chi connectivity index (χ4n) is 1.42. The lowest BCUT2D eigenvalue weighted by molar-refractivity contribution is 0.548. The number of pyridine rings is 1. The molecule has 0 spiro atoms. The first-order valence-electron chi connectivity index (χ1n) is 4.66. The van der Waals surface area contributed by atoms with E-state index in [-0.39, 0.29) is 6.04 Å². The van der Waals surface area contributed by atoms with Gasteiger partial charge in [0, 0.05) is 12.6 Å². The van der Waals surface area contributed by atoms with E-state index in [1.807, 2.05) is 12.1 Å². The van der Waals surface area contributed by atoms with Crippen molar-refractivity contribution in [3.8, 4) is 12.3 Å². The standard InChI is InChI=1S/C11H15N3/c1-3-6-10(14-12)11-9(4-2)7-5-8-13-11/h1,5,7-8,10,14H,4,6,12H2,2H3. The topological polar surface area (TPSA) is 50.9 Å². The van der Waals surface area contributed by atoms with Crippen molar-refractivity contribution in [2.24, 2.45) is 5.84 Å². The second-order valence-electron chi connectivity index (χ2n) is 3.03. The van der Waals surface area contributed by atoms with Crippen LogP contribution in [0.5, 0.6) is 0 Å². The van der Waals surface area contributed by atoms with Gasteiger partial charge in [-0.2, -0.15) is 0 Å². The second kappa shape index (κ2) is 5.38. The first-order chi connectivity index (χ1) is 6.83. The maximum Gasteiger partial charge on any atom is 0.0743 e. The molecule has 0 saturated carbocycles. The molecule has 0 aromatic carbocycles. The summed E-state index contributed by atoms with van der Waals surface area (Å²) in [7, 11) is 0. The number of hydrazine groups is 1. The first-order valence-corrected chi connectivity index (χ1v) is 4.66. The average molecular weight is 189 g/mol. The number of rotatable bonds is 4. The highest BCUT2D eigenvalue weighted by atomic mass is 15.2. The van der Waals surface area contributed by atoms with Crippen LogP contribution in [0.15, 0.2) is 18.3 Å². The van der Waals surface area contributed by atoms with Crippen LogP contribution in [0.25, 0.3) is 0 Å². The molecule has 0 bridgehead atoms. The van der Waals surface area contributed by atoms with Crippen LogP contribution in [0.3, 0.4) is 0 Å². The molecular weight excluding hydrogens is 174 g/mol. The van der Waals surface area contributed by atoms with Gasteiger partial charge in [0.15, 0.2) is 0 Å². The van der Waals surface area contributed by atoms with Gasteiger partial charge in [-0.25, -0.2) is 0 Å². The van der Waals surface area contributed by atoms with Crippen LogP contribution >= 0.6 is 0 Å². The Labute approximate surface area is 84.7 Å². The summed E-state index contributed by atoms with van der Waals surface area (Å²) in [6, 6.07) is 3.92. The second-order valence-corrected chi connectivity index (χ2v) is 3.03. The van der Waals surface area contributed by atoms with Crippen molar-refractivity contribution >= 4 is 0 Å². The number of aryl methyl sites for hydroxylation is 1. The molecule has 3 nitrogen and oxygen atoms in total. The zero-order valence-electron chi connectivity index (χ0n) is 8.33. The molecular formula is C11H15N3. The average Bonchev–Trinajstić information content (AvgIpc) is 2.26. The van der Waals surface area contributed by atoms with Gasteiger partial charge in [0.2, 0.25) is 0 Å². The summed E-state index contributed by atoms with van der Waals surface area (Å²) in [5.41, 5.74) is 4.83. The van der Waals surface area contributed by atoms with Crippen LogP contribution in [-0.2, 0) is 6.42 Å². The Kier molecular flexibility index (Phi) is 4.11. The third-order valence-corrected chi connectivity index (χ3v) is 2.16. The fraction of sp³-hybridized carbons (Fsp3) is 0.364. The van der Waals surface area contributed by atoms with E-state index >= 15 is 0 Å². The Hall–Kier alpha value is -1.37. The fourth-order valence-corrected chi connectivity index (χ4v) is 1.42. The minimum Gasteiger partial charge on any atom is -0.271 e. The molecule has 1 rings (SSSR count). The Morgan fingerprint density at radius 3 is 3.07 bits per heavy atom. The van der Waals surface area contributed by atoms with Gasteiger partial charge in [0.25, 0.3) is 0 Å². The van der Waals surface area contributed by atoms with Gasteiger partial charge in [-0.3, -0.25) is 16.3 Å². The van der Waals surface area contributed by atoms with E-state index in [4.69, 9.17) is 12.3 Å². The zero-order valence-corrected chi connectivity index (χ0v) is 8.33. The number of nitrogens with zero attached hydrogens (tertiary/aromatic N) is 1. The van der Waals surface area contributed by atoms with E-state index in [1.54, 1.807) is 6.20 Å². The monoisotopic (exact) mass is 189 g/mol. The predicted molar refractivity (Wildman–Crippen MR) is 57.1 cm³/mol. The molecule has 1 aromatic heterocycles. The van der Waals surface area contributed by atoms with Gasteiger partial charge >= 0.3 is 0 Å². The normalized spacial score (nSPS) is 12.1. The Morgan fingerprint density at radius 2 is 2.50 bits per heavy atom. The van der Waals surface area contributed by atoms with Gasteiger partial charge in [-0.05, 0) is 18.1 Å². The number of nitrogens with two attached hydrogens (primary N) is 1. The molecule has 0 aliphatic heterocycles. The predicted octanol–water partition coefficient (Wildman–Crippen LogP) is 1.17. The van der Waals surface area contributed by atoms with Crippen LogP contribution in [0.1, 0.15) is 30.6 Å². The van der Waals surface area contributed by atoms with Gasteiger partial charge in [0.05, 0.1) is 11.7 Å². The van der Waals surface area contributed by atoms with E-state index < -0.39 is 0 Å². The summed E-state index contributed by atoms with van der Waals surface area (Å²) in [4.78, 5) is 4.30. The van der Waals surface area contributed by atoms with Crippen molar-refractivity contribution in [1.82, 2.24) is 10.4 Å². The highest BCUT2D eigenvalue weighted by Crippen LogP contribution is 2.17. The van der Waals surface area contributed by atoms with E-state index in [1.165, 1.54) is 5.56 Å². The number of nitrogens with one attached hydrogen (secondary N) is 1. The van der Waals surface area contributed by atoms with Crippen molar-refractivity contribution in [1.29, 1.82) is 0 Å². The summed E-state index contributed by atoms with van der Waals surface area (Å²) >= 11 is 0. The Bertz CT molecular complexity index is 328. The van der Waals surface area contributed by atoms with Crippen LogP contribution < -0.4 is 11.3 Å². The van der Waals surface area contributed by atoms with Crippen LogP contribution in [0, 0.1) is 12.3 Å².